The molecule has 2 aliphatic rings. The van der Waals surface area contributed by atoms with E-state index in [4.69, 9.17) is 0 Å². The molecule has 4 aromatic rings. The first-order chi connectivity index (χ1) is 33.3. The number of rotatable bonds is 4. The summed E-state index contributed by atoms with van der Waals surface area (Å²) in [6, 6.07) is -8.81. The van der Waals surface area contributed by atoms with Crippen molar-refractivity contribution in [3.8, 4) is 0 Å². The first-order valence-corrected chi connectivity index (χ1v) is 21.2. The fourth-order valence-corrected chi connectivity index (χ4v) is 7.78. The summed E-state index contributed by atoms with van der Waals surface area (Å²) < 4.78 is 341. The molecule has 0 radical (unpaired) electrons. The van der Waals surface area contributed by atoms with E-state index >= 15 is 0 Å². The molecule has 0 N–H and O–H groups in total. The van der Waals surface area contributed by atoms with Gasteiger partial charge in [-0.3, -0.25) is 0 Å². The standard InChI is InChI=1S/C32H12BF24.2C8H12.Ir/c34-25(35,36)13-1-14(26(37,38)39)6-21(5-13)33(22-7-15(27(40,41)42)2-16(8-22)28(43,44)45,23-9-17(29(46,47)48)3-18(10-23)30(49,50)51)24-11-19(31(52,53)54)4-20(12-24)32(55,56)57;2*1-2-4-6-8-7-5-3-1;/h1-12H;2*1-2,7-8H,3-6H2;/q-1;;;+1. The van der Waals surface area contributed by atoms with E-state index in [9.17, 15) is 105 Å². The SMILES string of the molecule is C1=CCCC=CCC1.C1=CCCC=CCC1.FC(F)(F)c1cc([B-](c2cc(C(F)(F)F)cc(C(F)(F)F)c2)(c2cc(C(F)(F)F)cc(C(F)(F)F)c2)c2cc(C(F)(F)F)cc(C(F)(F)F)c2)cc(C(F)(F)F)c1.[Ir+]. The Morgan fingerprint density at radius 2 is 0.311 bits per heavy atom. The molecule has 6 rings (SSSR count). The quantitative estimate of drug-likeness (QED) is 0.109. The van der Waals surface area contributed by atoms with E-state index in [2.05, 4.69) is 48.6 Å². The molecule has 408 valence electrons. The van der Waals surface area contributed by atoms with Crippen molar-refractivity contribution in [3.63, 3.8) is 0 Å². The van der Waals surface area contributed by atoms with Gasteiger partial charge in [0.2, 0.25) is 0 Å². The third-order valence-corrected chi connectivity index (χ3v) is 11.1. The van der Waals surface area contributed by atoms with Crippen LogP contribution in [0.25, 0.3) is 0 Å². The fourth-order valence-electron chi connectivity index (χ4n) is 7.78. The van der Waals surface area contributed by atoms with Crippen molar-refractivity contribution >= 4 is 28.0 Å². The van der Waals surface area contributed by atoms with Crippen LogP contribution in [0.2, 0.25) is 0 Å². The van der Waals surface area contributed by atoms with Gasteiger partial charge in [-0.15, -0.1) is 0 Å². The smallest absolute Gasteiger partial charge is 0.194 e. The molecular formula is C48H36BF24Ir. The summed E-state index contributed by atoms with van der Waals surface area (Å²) in [6.45, 7) is 0. The summed E-state index contributed by atoms with van der Waals surface area (Å²) in [4.78, 5) is 0. The molecule has 0 unspecified atom stereocenters. The fraction of sp³-hybridized carbons (Fsp3) is 0.333. The topological polar surface area (TPSA) is 0 Å². The van der Waals surface area contributed by atoms with Crippen LogP contribution in [0.1, 0.15) is 95.9 Å². The van der Waals surface area contributed by atoms with E-state index in [1.807, 2.05) is 0 Å². The van der Waals surface area contributed by atoms with Crippen LogP contribution in [0.3, 0.4) is 0 Å². The van der Waals surface area contributed by atoms with Gasteiger partial charge in [0.05, 0.1) is 44.5 Å². The number of benzene rings is 4. The molecule has 26 heteroatoms. The van der Waals surface area contributed by atoms with Crippen molar-refractivity contribution in [1.29, 1.82) is 0 Å². The number of hydrogen-bond acceptors (Lipinski definition) is 0. The van der Waals surface area contributed by atoms with Gasteiger partial charge >= 0.3 is 69.5 Å². The molecule has 0 bridgehead atoms. The predicted octanol–water partition coefficient (Wildman–Crippen LogP) is 16.6. The van der Waals surface area contributed by atoms with E-state index in [0.29, 0.717) is 0 Å². The van der Waals surface area contributed by atoms with E-state index in [-0.39, 0.29) is 20.1 Å². The molecule has 0 aliphatic heterocycles. The van der Waals surface area contributed by atoms with Crippen LogP contribution in [0.5, 0.6) is 0 Å². The van der Waals surface area contributed by atoms with Crippen LogP contribution in [0, 0.1) is 0 Å². The third kappa shape index (κ3) is 16.9. The summed E-state index contributed by atoms with van der Waals surface area (Å²) in [5, 5.41) is 0. The second-order valence-corrected chi connectivity index (χ2v) is 16.4. The Bertz CT molecular complexity index is 2110. The van der Waals surface area contributed by atoms with Crippen LogP contribution < -0.4 is 21.9 Å². The normalized spacial score (nSPS) is 15.4. The number of alkyl halides is 24. The van der Waals surface area contributed by atoms with Gasteiger partial charge in [-0.2, -0.15) is 127 Å². The zero-order valence-corrected chi connectivity index (χ0v) is 39.6. The first-order valence-electron chi connectivity index (χ1n) is 21.2. The van der Waals surface area contributed by atoms with Crippen LogP contribution in [-0.2, 0) is 69.5 Å². The zero-order chi connectivity index (χ0) is 55.2. The minimum atomic E-state index is -6.13. The maximum Gasteiger partial charge on any atom is 1.00 e. The number of hydrogen-bond donors (Lipinski definition) is 0. The van der Waals surface area contributed by atoms with E-state index in [0.717, 1.165) is 0 Å². The van der Waals surface area contributed by atoms with Gasteiger partial charge in [0, 0.05) is 0 Å². The molecule has 4 aromatic carbocycles. The monoisotopic (exact) mass is 1270 g/mol. The van der Waals surface area contributed by atoms with Crippen molar-refractivity contribution in [1.82, 2.24) is 0 Å². The second-order valence-electron chi connectivity index (χ2n) is 16.4. The first kappa shape index (κ1) is 63.2. The van der Waals surface area contributed by atoms with Gasteiger partial charge in [0.1, 0.15) is 6.15 Å². The molecule has 0 saturated carbocycles. The Hall–Kier alpha value is -5.13. The molecule has 0 nitrogen and oxygen atoms in total. The summed E-state index contributed by atoms with van der Waals surface area (Å²) >= 11 is 0. The Kier molecular flexibility index (Phi) is 20.3. The average Bonchev–Trinajstić information content (AvgIpc) is 3.21. The zero-order valence-electron chi connectivity index (χ0n) is 37.2. The van der Waals surface area contributed by atoms with Gasteiger partial charge in [-0.25, -0.2) is 0 Å². The molecule has 0 fully saturated rings. The molecule has 0 spiro atoms. The Morgan fingerprint density at radius 1 is 0.203 bits per heavy atom. The van der Waals surface area contributed by atoms with Gasteiger partial charge in [0.25, 0.3) is 0 Å². The Labute approximate surface area is 419 Å². The number of halogens is 24. The Morgan fingerprint density at radius 3 is 0.405 bits per heavy atom. The average molecular weight is 1270 g/mol. The van der Waals surface area contributed by atoms with Crippen molar-refractivity contribution in [2.75, 3.05) is 0 Å². The molecule has 0 heterocycles. The number of allylic oxidation sites excluding steroid dienone is 8. The molecule has 0 saturated heterocycles. The summed E-state index contributed by atoms with van der Waals surface area (Å²) in [6.07, 6.45) is -26.8. The molecule has 0 aromatic heterocycles. The van der Waals surface area contributed by atoms with Gasteiger partial charge < -0.3 is 0 Å². The van der Waals surface area contributed by atoms with Crippen molar-refractivity contribution in [2.24, 2.45) is 0 Å². The largest absolute Gasteiger partial charge is 1.00 e. The van der Waals surface area contributed by atoms with Gasteiger partial charge in [0.15, 0.2) is 0 Å². The summed E-state index contributed by atoms with van der Waals surface area (Å²) in [7, 11) is 0. The minimum Gasteiger partial charge on any atom is -0.194 e. The van der Waals surface area contributed by atoms with Gasteiger partial charge in [-0.05, 0) is 75.6 Å². The third-order valence-electron chi connectivity index (χ3n) is 11.1. The van der Waals surface area contributed by atoms with Crippen molar-refractivity contribution in [2.45, 2.75) is 101 Å². The van der Waals surface area contributed by atoms with E-state index in [1.165, 1.54) is 51.4 Å². The predicted molar refractivity (Wildman–Crippen MR) is 224 cm³/mol. The van der Waals surface area contributed by atoms with Crippen LogP contribution in [0.4, 0.5) is 105 Å². The van der Waals surface area contributed by atoms with E-state index < -0.39 is 195 Å². The van der Waals surface area contributed by atoms with Crippen LogP contribution in [0.15, 0.2) is 121 Å². The maximum atomic E-state index is 14.2. The molecule has 2 aliphatic carbocycles. The maximum absolute atomic E-state index is 14.2. The Balaban J connectivity index is 0.000000717. The van der Waals surface area contributed by atoms with Gasteiger partial charge in [-0.1, -0.05) is 97.1 Å². The van der Waals surface area contributed by atoms with Crippen LogP contribution in [-0.4, -0.2) is 6.15 Å². The summed E-state index contributed by atoms with van der Waals surface area (Å²) in [5.41, 5.74) is -30.2. The van der Waals surface area contributed by atoms with Crippen LogP contribution >= 0.6 is 0 Å². The van der Waals surface area contributed by atoms with E-state index in [1.54, 1.807) is 0 Å². The molecule has 0 amide bonds. The summed E-state index contributed by atoms with van der Waals surface area (Å²) in [5.74, 6) is 0. The molecule has 0 atom stereocenters. The molecular weight excluding hydrogens is 1240 g/mol. The molecule has 74 heavy (non-hydrogen) atoms. The second kappa shape index (κ2) is 23.8. The minimum absolute atomic E-state index is 0. The van der Waals surface area contributed by atoms with Crippen molar-refractivity contribution in [3.05, 3.63) is 166 Å². The van der Waals surface area contributed by atoms with Crippen molar-refractivity contribution < 1.29 is 125 Å².